The minimum atomic E-state index is -0.215. The molecule has 2 saturated heterocycles. The average molecular weight is 264 g/mol. The van der Waals surface area contributed by atoms with Crippen LogP contribution in [0.1, 0.15) is 26.2 Å². The Balaban J connectivity index is 1.83. The molecule has 19 heavy (non-hydrogen) atoms. The van der Waals surface area contributed by atoms with Crippen molar-refractivity contribution in [2.24, 2.45) is 5.41 Å². The summed E-state index contributed by atoms with van der Waals surface area (Å²) in [7, 11) is 0. The van der Waals surface area contributed by atoms with E-state index in [0.717, 1.165) is 58.7 Å². The van der Waals surface area contributed by atoms with Crippen molar-refractivity contribution in [1.29, 1.82) is 5.26 Å². The standard InChI is InChI=1S/C14H24N4O/c1-14(4-2-6-16-12-14)13(19)18-10-8-17(9-11-18)7-3-5-15/h16H,2-4,6-12H2,1H3. The van der Waals surface area contributed by atoms with Gasteiger partial charge in [-0.3, -0.25) is 9.69 Å². The first-order valence-electron chi connectivity index (χ1n) is 7.25. The lowest BCUT2D eigenvalue weighted by molar-refractivity contribution is -0.144. The second-order valence-corrected chi connectivity index (χ2v) is 5.88. The molecule has 2 heterocycles. The first-order chi connectivity index (χ1) is 9.15. The first kappa shape index (κ1) is 14.3. The number of nitriles is 1. The Labute approximate surface area is 115 Å². The van der Waals surface area contributed by atoms with Crippen molar-refractivity contribution < 1.29 is 4.79 Å². The van der Waals surface area contributed by atoms with Gasteiger partial charge in [0.25, 0.3) is 0 Å². The maximum atomic E-state index is 12.6. The average Bonchev–Trinajstić information content (AvgIpc) is 2.46. The second kappa shape index (κ2) is 6.36. The molecule has 2 fully saturated rings. The van der Waals surface area contributed by atoms with Crippen molar-refractivity contribution in [3.05, 3.63) is 0 Å². The van der Waals surface area contributed by atoms with Crippen LogP contribution in [0.15, 0.2) is 0 Å². The molecular weight excluding hydrogens is 240 g/mol. The van der Waals surface area contributed by atoms with Gasteiger partial charge in [-0.2, -0.15) is 5.26 Å². The van der Waals surface area contributed by atoms with E-state index in [4.69, 9.17) is 5.26 Å². The molecule has 0 aliphatic carbocycles. The van der Waals surface area contributed by atoms with Crippen molar-refractivity contribution in [2.75, 3.05) is 45.8 Å². The summed E-state index contributed by atoms with van der Waals surface area (Å²) in [5.41, 5.74) is -0.215. The van der Waals surface area contributed by atoms with Crippen LogP contribution >= 0.6 is 0 Å². The van der Waals surface area contributed by atoms with Crippen LogP contribution in [0.3, 0.4) is 0 Å². The van der Waals surface area contributed by atoms with Gasteiger partial charge in [0.05, 0.1) is 11.5 Å². The smallest absolute Gasteiger partial charge is 0.229 e. The van der Waals surface area contributed by atoms with E-state index in [2.05, 4.69) is 23.2 Å². The number of piperidine rings is 1. The molecule has 0 aromatic heterocycles. The number of carbonyl (C=O) groups is 1. The van der Waals surface area contributed by atoms with Gasteiger partial charge in [0.15, 0.2) is 0 Å². The van der Waals surface area contributed by atoms with Crippen molar-refractivity contribution in [2.45, 2.75) is 26.2 Å². The van der Waals surface area contributed by atoms with E-state index in [-0.39, 0.29) is 5.41 Å². The Morgan fingerprint density at radius 3 is 2.68 bits per heavy atom. The molecule has 1 atom stereocenters. The Bertz CT molecular complexity index is 349. The number of rotatable bonds is 3. The first-order valence-corrected chi connectivity index (χ1v) is 7.25. The summed E-state index contributed by atoms with van der Waals surface area (Å²) in [6.45, 7) is 8.17. The number of hydrogen-bond donors (Lipinski definition) is 1. The van der Waals surface area contributed by atoms with Crippen LogP contribution in [0.4, 0.5) is 0 Å². The molecule has 2 aliphatic rings. The molecule has 1 N–H and O–H groups in total. The number of carbonyl (C=O) groups excluding carboxylic acids is 1. The lowest BCUT2D eigenvalue weighted by atomic mass is 9.81. The van der Waals surface area contributed by atoms with E-state index in [9.17, 15) is 4.79 Å². The monoisotopic (exact) mass is 264 g/mol. The molecule has 5 nitrogen and oxygen atoms in total. The second-order valence-electron chi connectivity index (χ2n) is 5.88. The van der Waals surface area contributed by atoms with E-state index in [1.807, 2.05) is 4.90 Å². The molecule has 0 aromatic carbocycles. The Kier molecular flexibility index (Phi) is 4.78. The Morgan fingerprint density at radius 2 is 2.11 bits per heavy atom. The van der Waals surface area contributed by atoms with Gasteiger partial charge >= 0.3 is 0 Å². The lowest BCUT2D eigenvalue weighted by Gasteiger charge is -2.41. The summed E-state index contributed by atoms with van der Waals surface area (Å²) < 4.78 is 0. The zero-order valence-corrected chi connectivity index (χ0v) is 11.8. The molecule has 2 aliphatic heterocycles. The minimum Gasteiger partial charge on any atom is -0.340 e. The molecule has 1 amide bonds. The number of nitrogens with one attached hydrogen (secondary N) is 1. The number of piperazine rings is 1. The van der Waals surface area contributed by atoms with E-state index in [1.54, 1.807) is 0 Å². The third-order valence-corrected chi connectivity index (χ3v) is 4.31. The lowest BCUT2D eigenvalue weighted by Crippen LogP contribution is -2.55. The van der Waals surface area contributed by atoms with Crippen molar-refractivity contribution >= 4 is 5.91 Å². The minimum absolute atomic E-state index is 0.215. The molecule has 0 saturated carbocycles. The molecule has 106 valence electrons. The topological polar surface area (TPSA) is 59.4 Å². The summed E-state index contributed by atoms with van der Waals surface area (Å²) in [5.74, 6) is 0.305. The van der Waals surface area contributed by atoms with Crippen LogP contribution in [0.2, 0.25) is 0 Å². The van der Waals surface area contributed by atoms with Gasteiger partial charge in [0.2, 0.25) is 5.91 Å². The largest absolute Gasteiger partial charge is 0.340 e. The number of hydrogen-bond acceptors (Lipinski definition) is 4. The molecule has 0 spiro atoms. The van der Waals surface area contributed by atoms with Gasteiger partial charge in [0.1, 0.15) is 0 Å². The molecule has 0 radical (unpaired) electrons. The summed E-state index contributed by atoms with van der Waals surface area (Å²) in [6.07, 6.45) is 2.66. The summed E-state index contributed by atoms with van der Waals surface area (Å²) in [4.78, 5) is 16.9. The molecule has 1 unspecified atom stereocenters. The highest BCUT2D eigenvalue weighted by molar-refractivity contribution is 5.82. The van der Waals surface area contributed by atoms with Crippen LogP contribution < -0.4 is 5.32 Å². The van der Waals surface area contributed by atoms with Gasteiger partial charge in [-0.15, -0.1) is 0 Å². The van der Waals surface area contributed by atoms with Gasteiger partial charge in [0, 0.05) is 45.7 Å². The highest BCUT2D eigenvalue weighted by atomic mass is 16.2. The Morgan fingerprint density at radius 1 is 1.37 bits per heavy atom. The predicted molar refractivity (Wildman–Crippen MR) is 73.5 cm³/mol. The van der Waals surface area contributed by atoms with Crippen LogP contribution in [-0.4, -0.2) is 61.5 Å². The number of amides is 1. The third kappa shape index (κ3) is 3.46. The van der Waals surface area contributed by atoms with Crippen LogP contribution in [-0.2, 0) is 4.79 Å². The highest BCUT2D eigenvalue weighted by Crippen LogP contribution is 2.28. The van der Waals surface area contributed by atoms with Crippen molar-refractivity contribution in [3.63, 3.8) is 0 Å². The summed E-state index contributed by atoms with van der Waals surface area (Å²) in [6, 6.07) is 2.18. The van der Waals surface area contributed by atoms with E-state index in [1.165, 1.54) is 0 Å². The third-order valence-electron chi connectivity index (χ3n) is 4.31. The fourth-order valence-corrected chi connectivity index (χ4v) is 3.00. The molecule has 0 bridgehead atoms. The maximum Gasteiger partial charge on any atom is 0.229 e. The Hall–Kier alpha value is -1.12. The van der Waals surface area contributed by atoms with Gasteiger partial charge in [-0.05, 0) is 26.3 Å². The molecule has 5 heteroatoms. The molecule has 2 rings (SSSR count). The van der Waals surface area contributed by atoms with Crippen LogP contribution in [0, 0.1) is 16.7 Å². The van der Waals surface area contributed by atoms with Crippen molar-refractivity contribution in [1.82, 2.24) is 15.1 Å². The fourth-order valence-electron chi connectivity index (χ4n) is 3.00. The normalized spacial score (nSPS) is 28.9. The zero-order valence-electron chi connectivity index (χ0n) is 11.8. The summed E-state index contributed by atoms with van der Waals surface area (Å²) in [5, 5.41) is 11.9. The van der Waals surface area contributed by atoms with E-state index >= 15 is 0 Å². The van der Waals surface area contributed by atoms with Crippen molar-refractivity contribution in [3.8, 4) is 6.07 Å². The predicted octanol–water partition coefficient (Wildman–Crippen LogP) is 0.434. The quantitative estimate of drug-likeness (QED) is 0.803. The highest BCUT2D eigenvalue weighted by Gasteiger charge is 2.38. The molecular formula is C14H24N4O. The van der Waals surface area contributed by atoms with Gasteiger partial charge in [-0.1, -0.05) is 0 Å². The summed E-state index contributed by atoms with van der Waals surface area (Å²) >= 11 is 0. The van der Waals surface area contributed by atoms with Crippen LogP contribution in [0.25, 0.3) is 0 Å². The number of nitrogens with zero attached hydrogens (tertiary/aromatic N) is 3. The van der Waals surface area contributed by atoms with E-state index in [0.29, 0.717) is 12.3 Å². The van der Waals surface area contributed by atoms with E-state index < -0.39 is 0 Å². The van der Waals surface area contributed by atoms with Crippen LogP contribution in [0.5, 0.6) is 0 Å². The van der Waals surface area contributed by atoms with Gasteiger partial charge in [-0.25, -0.2) is 0 Å². The maximum absolute atomic E-state index is 12.6. The SMILES string of the molecule is CC1(C(=O)N2CCN(CCC#N)CC2)CCCNC1. The molecule has 0 aromatic rings. The van der Waals surface area contributed by atoms with Gasteiger partial charge < -0.3 is 10.2 Å². The fraction of sp³-hybridized carbons (Fsp3) is 0.857. The zero-order chi connectivity index (χ0) is 13.7.